The lowest BCUT2D eigenvalue weighted by Crippen LogP contribution is -2.19. The number of aromatic nitrogens is 2. The zero-order valence-electron chi connectivity index (χ0n) is 8.94. The lowest BCUT2D eigenvalue weighted by molar-refractivity contribution is -0.137. The average Bonchev–Trinajstić information content (AvgIpc) is 2.55. The fourth-order valence-electron chi connectivity index (χ4n) is 2.27. The summed E-state index contributed by atoms with van der Waals surface area (Å²) in [4.78, 5) is 10.5. The first-order chi connectivity index (χ1) is 7.16. The summed E-state index contributed by atoms with van der Waals surface area (Å²) in [5.74, 6) is -0.717. The first-order valence-electron chi connectivity index (χ1n) is 5.43. The van der Waals surface area contributed by atoms with Crippen LogP contribution in [0.1, 0.15) is 43.1 Å². The van der Waals surface area contributed by atoms with Gasteiger partial charge >= 0.3 is 5.97 Å². The summed E-state index contributed by atoms with van der Waals surface area (Å²) in [5.41, 5.74) is 2.29. The molecular formula is C11H16N2O2. The Bertz CT molecular complexity index is 371. The fraction of sp³-hybridized carbons (Fsp3) is 0.636. The molecule has 0 aliphatic carbocycles. The molecular weight excluding hydrogens is 192 g/mol. The summed E-state index contributed by atoms with van der Waals surface area (Å²) >= 11 is 0. The molecule has 15 heavy (non-hydrogen) atoms. The highest BCUT2D eigenvalue weighted by molar-refractivity contribution is 5.66. The summed E-state index contributed by atoms with van der Waals surface area (Å²) < 4.78 is 2.03. The van der Waals surface area contributed by atoms with Crippen molar-refractivity contribution in [3.63, 3.8) is 0 Å². The number of aryl methyl sites for hydroxylation is 2. The number of aliphatic carboxylic acids is 1. The highest BCUT2D eigenvalue weighted by Crippen LogP contribution is 2.28. The first kappa shape index (κ1) is 10.2. The lowest BCUT2D eigenvalue weighted by Gasteiger charge is -2.23. The zero-order chi connectivity index (χ0) is 10.8. The van der Waals surface area contributed by atoms with Gasteiger partial charge in [-0.05, 0) is 38.7 Å². The van der Waals surface area contributed by atoms with Crippen LogP contribution in [-0.4, -0.2) is 20.9 Å². The van der Waals surface area contributed by atoms with E-state index in [9.17, 15) is 4.79 Å². The molecule has 1 N–H and O–H groups in total. The Balaban J connectivity index is 2.11. The standard InChI is InChI=1S/C11H16N2O2/c1-8-7-10-4-2-3-9(13(10)12-8)5-6-11(14)15/h7,9H,2-6H2,1H3,(H,14,15). The van der Waals surface area contributed by atoms with E-state index in [4.69, 9.17) is 5.11 Å². The second kappa shape index (κ2) is 4.04. The Morgan fingerprint density at radius 1 is 1.73 bits per heavy atom. The van der Waals surface area contributed by atoms with E-state index in [0.717, 1.165) is 25.0 Å². The van der Waals surface area contributed by atoms with Crippen molar-refractivity contribution in [1.82, 2.24) is 9.78 Å². The molecule has 0 bridgehead atoms. The van der Waals surface area contributed by atoms with Crippen LogP contribution in [0.25, 0.3) is 0 Å². The average molecular weight is 208 g/mol. The maximum atomic E-state index is 10.5. The smallest absolute Gasteiger partial charge is 0.303 e. The quantitative estimate of drug-likeness (QED) is 0.825. The molecule has 0 aromatic carbocycles. The van der Waals surface area contributed by atoms with E-state index in [-0.39, 0.29) is 6.42 Å². The van der Waals surface area contributed by atoms with E-state index in [0.29, 0.717) is 12.5 Å². The Kier molecular flexibility index (Phi) is 2.75. The normalized spacial score (nSPS) is 19.9. The predicted octanol–water partition coefficient (Wildman–Crippen LogP) is 1.93. The van der Waals surface area contributed by atoms with Gasteiger partial charge in [-0.1, -0.05) is 0 Å². The molecule has 1 aromatic rings. The maximum absolute atomic E-state index is 10.5. The van der Waals surface area contributed by atoms with Gasteiger partial charge in [0.25, 0.3) is 0 Å². The van der Waals surface area contributed by atoms with Gasteiger partial charge in [0.1, 0.15) is 0 Å². The topological polar surface area (TPSA) is 55.1 Å². The van der Waals surface area contributed by atoms with E-state index < -0.39 is 5.97 Å². The van der Waals surface area contributed by atoms with Crippen molar-refractivity contribution in [2.24, 2.45) is 0 Å². The molecule has 1 atom stereocenters. The van der Waals surface area contributed by atoms with Gasteiger partial charge in [0.15, 0.2) is 0 Å². The third-order valence-electron chi connectivity index (χ3n) is 2.94. The van der Waals surface area contributed by atoms with E-state index in [1.165, 1.54) is 5.69 Å². The Morgan fingerprint density at radius 2 is 2.53 bits per heavy atom. The summed E-state index contributed by atoms with van der Waals surface area (Å²) in [6, 6.07) is 2.39. The van der Waals surface area contributed by atoms with Crippen LogP contribution in [0, 0.1) is 6.92 Å². The van der Waals surface area contributed by atoms with Crippen LogP contribution in [0.15, 0.2) is 6.07 Å². The van der Waals surface area contributed by atoms with Gasteiger partial charge in [-0.25, -0.2) is 0 Å². The van der Waals surface area contributed by atoms with Crippen molar-refractivity contribution in [3.8, 4) is 0 Å². The number of nitrogens with zero attached hydrogens (tertiary/aromatic N) is 2. The number of hydrogen-bond donors (Lipinski definition) is 1. The number of carbonyl (C=O) groups is 1. The van der Waals surface area contributed by atoms with Crippen LogP contribution in [0.3, 0.4) is 0 Å². The van der Waals surface area contributed by atoms with Gasteiger partial charge in [-0.2, -0.15) is 5.10 Å². The molecule has 2 heterocycles. The molecule has 0 spiro atoms. The summed E-state index contributed by atoms with van der Waals surface area (Å²) in [6.07, 6.45) is 4.22. The van der Waals surface area contributed by atoms with Gasteiger partial charge in [0.2, 0.25) is 0 Å². The highest BCUT2D eigenvalue weighted by Gasteiger charge is 2.21. The van der Waals surface area contributed by atoms with Crippen LogP contribution in [0.5, 0.6) is 0 Å². The van der Waals surface area contributed by atoms with Gasteiger partial charge < -0.3 is 5.11 Å². The lowest BCUT2D eigenvalue weighted by atomic mass is 9.99. The van der Waals surface area contributed by atoms with Crippen molar-refractivity contribution in [3.05, 3.63) is 17.5 Å². The molecule has 1 aromatic heterocycles. The minimum Gasteiger partial charge on any atom is -0.481 e. The molecule has 82 valence electrons. The second-order valence-electron chi connectivity index (χ2n) is 4.20. The fourth-order valence-corrected chi connectivity index (χ4v) is 2.27. The van der Waals surface area contributed by atoms with Gasteiger partial charge in [0.05, 0.1) is 11.7 Å². The summed E-state index contributed by atoms with van der Waals surface area (Å²) in [5, 5.41) is 13.1. The third kappa shape index (κ3) is 2.19. The molecule has 0 amide bonds. The summed E-state index contributed by atoms with van der Waals surface area (Å²) in [6.45, 7) is 1.99. The van der Waals surface area contributed by atoms with Crippen molar-refractivity contribution in [2.75, 3.05) is 0 Å². The van der Waals surface area contributed by atoms with E-state index >= 15 is 0 Å². The molecule has 1 aliphatic rings. The number of carboxylic acid groups (broad SMARTS) is 1. The number of carboxylic acids is 1. The van der Waals surface area contributed by atoms with Gasteiger partial charge in [-0.15, -0.1) is 0 Å². The number of rotatable bonds is 3. The van der Waals surface area contributed by atoms with E-state index in [2.05, 4.69) is 11.2 Å². The SMILES string of the molecule is Cc1cc2n(n1)C(CCC(=O)O)CCC2. The number of hydrogen-bond acceptors (Lipinski definition) is 2. The summed E-state index contributed by atoms with van der Waals surface area (Å²) in [7, 11) is 0. The highest BCUT2D eigenvalue weighted by atomic mass is 16.4. The van der Waals surface area contributed by atoms with Gasteiger partial charge in [-0.3, -0.25) is 9.48 Å². The van der Waals surface area contributed by atoms with Crippen LogP contribution in [0.2, 0.25) is 0 Å². The van der Waals surface area contributed by atoms with Crippen LogP contribution >= 0.6 is 0 Å². The minimum atomic E-state index is -0.717. The molecule has 0 radical (unpaired) electrons. The monoisotopic (exact) mass is 208 g/mol. The molecule has 0 fully saturated rings. The Morgan fingerprint density at radius 3 is 3.27 bits per heavy atom. The maximum Gasteiger partial charge on any atom is 0.303 e. The molecule has 4 nitrogen and oxygen atoms in total. The van der Waals surface area contributed by atoms with E-state index in [1.807, 2.05) is 11.6 Å². The minimum absolute atomic E-state index is 0.239. The van der Waals surface area contributed by atoms with Crippen molar-refractivity contribution < 1.29 is 9.90 Å². The Labute approximate surface area is 88.9 Å². The van der Waals surface area contributed by atoms with E-state index in [1.54, 1.807) is 0 Å². The van der Waals surface area contributed by atoms with Crippen LogP contribution in [-0.2, 0) is 11.2 Å². The van der Waals surface area contributed by atoms with Crippen molar-refractivity contribution >= 4 is 5.97 Å². The first-order valence-corrected chi connectivity index (χ1v) is 5.43. The van der Waals surface area contributed by atoms with Crippen molar-refractivity contribution in [1.29, 1.82) is 0 Å². The van der Waals surface area contributed by atoms with Crippen LogP contribution in [0.4, 0.5) is 0 Å². The van der Waals surface area contributed by atoms with Crippen LogP contribution < -0.4 is 0 Å². The molecule has 4 heteroatoms. The molecule has 2 rings (SSSR count). The molecule has 1 unspecified atom stereocenters. The second-order valence-corrected chi connectivity index (χ2v) is 4.20. The number of fused-ring (bicyclic) bond motifs is 1. The largest absolute Gasteiger partial charge is 0.481 e. The Hall–Kier alpha value is -1.32. The predicted molar refractivity (Wildman–Crippen MR) is 55.8 cm³/mol. The third-order valence-corrected chi connectivity index (χ3v) is 2.94. The molecule has 1 aliphatic heterocycles. The molecule has 0 saturated carbocycles. The molecule has 0 saturated heterocycles. The van der Waals surface area contributed by atoms with Gasteiger partial charge in [0, 0.05) is 12.1 Å². The van der Waals surface area contributed by atoms with Crippen molar-refractivity contribution in [2.45, 2.75) is 45.1 Å². The zero-order valence-corrected chi connectivity index (χ0v) is 8.94.